The number of halogens is 4. The van der Waals surface area contributed by atoms with Gasteiger partial charge in [0, 0.05) is 11.8 Å². The average Bonchev–Trinajstić information content (AvgIpc) is 2.29. The van der Waals surface area contributed by atoms with Gasteiger partial charge in [-0.1, -0.05) is 34.8 Å². The van der Waals surface area contributed by atoms with Crippen LogP contribution >= 0.6 is 57.4 Å². The summed E-state index contributed by atoms with van der Waals surface area (Å²) in [4.78, 5) is 0. The smallest absolute Gasteiger partial charge is 0.147 e. The molecule has 2 aromatic rings. The predicted molar refractivity (Wildman–Crippen MR) is 85.1 cm³/mol. The van der Waals surface area contributed by atoms with Crippen molar-refractivity contribution in [3.8, 4) is 11.5 Å². The van der Waals surface area contributed by atoms with Crippen molar-refractivity contribution in [2.75, 3.05) is 5.73 Å². The second-order valence-electron chi connectivity index (χ2n) is 3.49. The lowest BCUT2D eigenvalue weighted by atomic mass is 10.3. The fourth-order valence-corrected chi connectivity index (χ4v) is 2.53. The highest BCUT2D eigenvalue weighted by atomic mass is 127. The van der Waals surface area contributed by atoms with E-state index in [1.165, 1.54) is 0 Å². The Morgan fingerprint density at radius 1 is 0.889 bits per heavy atom. The van der Waals surface area contributed by atoms with E-state index in [1.54, 1.807) is 30.3 Å². The normalized spacial score (nSPS) is 10.4. The average molecular weight is 414 g/mol. The number of nitrogens with two attached hydrogens (primary N) is 1. The zero-order valence-corrected chi connectivity index (χ0v) is 13.3. The van der Waals surface area contributed by atoms with Crippen molar-refractivity contribution in [1.82, 2.24) is 0 Å². The SMILES string of the molecule is Nc1ccc(Oc2cc(Cl)c(Cl)cc2Cl)c(I)c1. The Morgan fingerprint density at radius 2 is 1.56 bits per heavy atom. The van der Waals surface area contributed by atoms with Gasteiger partial charge in [-0.25, -0.2) is 0 Å². The Hall–Kier alpha value is -0.360. The molecule has 0 fully saturated rings. The van der Waals surface area contributed by atoms with E-state index in [2.05, 4.69) is 22.6 Å². The summed E-state index contributed by atoms with van der Waals surface area (Å²) in [5, 5.41) is 1.18. The molecule has 0 aromatic heterocycles. The summed E-state index contributed by atoms with van der Waals surface area (Å²) in [5.41, 5.74) is 6.34. The molecule has 0 unspecified atom stereocenters. The van der Waals surface area contributed by atoms with Gasteiger partial charge in [0.1, 0.15) is 11.5 Å². The summed E-state index contributed by atoms with van der Waals surface area (Å²) < 4.78 is 6.58. The van der Waals surface area contributed by atoms with Gasteiger partial charge in [-0.15, -0.1) is 0 Å². The molecule has 0 aliphatic heterocycles. The minimum Gasteiger partial charge on any atom is -0.455 e. The minimum atomic E-state index is 0.390. The van der Waals surface area contributed by atoms with Gasteiger partial charge in [0.15, 0.2) is 0 Å². The van der Waals surface area contributed by atoms with Crippen molar-refractivity contribution in [1.29, 1.82) is 0 Å². The van der Waals surface area contributed by atoms with E-state index in [1.807, 2.05) is 0 Å². The Morgan fingerprint density at radius 3 is 2.22 bits per heavy atom. The summed E-state index contributed by atoms with van der Waals surface area (Å²) in [6.45, 7) is 0. The summed E-state index contributed by atoms with van der Waals surface area (Å²) in [6.07, 6.45) is 0. The van der Waals surface area contributed by atoms with Gasteiger partial charge in [0.2, 0.25) is 0 Å². The second kappa shape index (κ2) is 5.74. The van der Waals surface area contributed by atoms with Crippen molar-refractivity contribution >= 4 is 63.1 Å². The highest BCUT2D eigenvalue weighted by molar-refractivity contribution is 14.1. The molecule has 6 heteroatoms. The molecule has 0 bridgehead atoms. The van der Waals surface area contributed by atoms with E-state index >= 15 is 0 Å². The predicted octanol–water partition coefficient (Wildman–Crippen LogP) is 5.63. The number of anilines is 1. The molecule has 2 rings (SSSR count). The first kappa shape index (κ1) is 14.1. The van der Waals surface area contributed by atoms with Crippen molar-refractivity contribution in [2.45, 2.75) is 0 Å². The molecule has 0 heterocycles. The molecule has 2 nitrogen and oxygen atoms in total. The highest BCUT2D eigenvalue weighted by Gasteiger charge is 2.10. The third-order valence-electron chi connectivity index (χ3n) is 2.15. The lowest BCUT2D eigenvalue weighted by Crippen LogP contribution is -1.91. The molecular weight excluding hydrogens is 407 g/mol. The van der Waals surface area contributed by atoms with Crippen molar-refractivity contribution in [3.63, 3.8) is 0 Å². The molecule has 0 spiro atoms. The van der Waals surface area contributed by atoms with Crippen molar-refractivity contribution in [3.05, 3.63) is 49.0 Å². The van der Waals surface area contributed by atoms with Crippen LogP contribution in [-0.2, 0) is 0 Å². The number of hydrogen-bond acceptors (Lipinski definition) is 2. The van der Waals surface area contributed by atoms with Gasteiger partial charge in [0.25, 0.3) is 0 Å². The van der Waals surface area contributed by atoms with Crippen LogP contribution in [0.3, 0.4) is 0 Å². The first-order valence-corrected chi connectivity index (χ1v) is 7.06. The number of nitrogen functional groups attached to an aromatic ring is 1. The van der Waals surface area contributed by atoms with E-state index < -0.39 is 0 Å². The van der Waals surface area contributed by atoms with Crippen LogP contribution in [0.5, 0.6) is 11.5 Å². The molecular formula is C12H7Cl3INO. The number of rotatable bonds is 2. The van der Waals surface area contributed by atoms with Crippen LogP contribution in [0.4, 0.5) is 5.69 Å². The fourth-order valence-electron chi connectivity index (χ4n) is 1.30. The van der Waals surface area contributed by atoms with Crippen LogP contribution in [0.2, 0.25) is 15.1 Å². The molecule has 18 heavy (non-hydrogen) atoms. The molecule has 0 atom stereocenters. The summed E-state index contributed by atoms with van der Waals surface area (Å²) >= 11 is 19.9. The largest absolute Gasteiger partial charge is 0.455 e. The molecule has 0 saturated heterocycles. The minimum absolute atomic E-state index is 0.390. The third kappa shape index (κ3) is 3.15. The Labute approximate surface area is 133 Å². The van der Waals surface area contributed by atoms with Crippen LogP contribution in [0, 0.1) is 3.57 Å². The van der Waals surface area contributed by atoms with Crippen molar-refractivity contribution < 1.29 is 4.74 Å². The molecule has 0 aliphatic rings. The maximum Gasteiger partial charge on any atom is 0.147 e. The molecule has 0 aliphatic carbocycles. The summed E-state index contributed by atoms with van der Waals surface area (Å²) in [5.74, 6) is 1.11. The van der Waals surface area contributed by atoms with Crippen LogP contribution < -0.4 is 10.5 Å². The Kier molecular flexibility index (Phi) is 4.48. The monoisotopic (exact) mass is 413 g/mol. The standard InChI is InChI=1S/C12H7Cl3INO/c13-7-4-9(15)12(5-8(7)14)18-11-2-1-6(17)3-10(11)16/h1-5H,17H2. The number of hydrogen-bond donors (Lipinski definition) is 1. The van der Waals surface area contributed by atoms with E-state index in [4.69, 9.17) is 45.3 Å². The first-order valence-electron chi connectivity index (χ1n) is 4.85. The third-order valence-corrected chi connectivity index (χ3v) is 4.01. The maximum atomic E-state index is 6.04. The second-order valence-corrected chi connectivity index (χ2v) is 5.87. The van der Waals surface area contributed by atoms with E-state index in [9.17, 15) is 0 Å². The van der Waals surface area contributed by atoms with Crippen LogP contribution in [-0.4, -0.2) is 0 Å². The topological polar surface area (TPSA) is 35.2 Å². The van der Waals surface area contributed by atoms with Crippen LogP contribution in [0.1, 0.15) is 0 Å². The fraction of sp³-hybridized carbons (Fsp3) is 0. The summed E-state index contributed by atoms with van der Waals surface area (Å²) in [6, 6.07) is 8.46. The van der Waals surface area contributed by atoms with Crippen LogP contribution in [0.15, 0.2) is 30.3 Å². The molecule has 0 saturated carbocycles. The Bertz CT molecular complexity index is 604. The number of benzene rings is 2. The molecule has 94 valence electrons. The first-order chi connectivity index (χ1) is 8.47. The van der Waals surface area contributed by atoms with Gasteiger partial charge in [-0.2, -0.15) is 0 Å². The van der Waals surface area contributed by atoms with E-state index in [0.717, 1.165) is 3.57 Å². The van der Waals surface area contributed by atoms with Gasteiger partial charge in [0.05, 0.1) is 18.6 Å². The molecule has 2 aromatic carbocycles. The maximum absolute atomic E-state index is 6.04. The molecule has 0 amide bonds. The molecule has 0 radical (unpaired) electrons. The lowest BCUT2D eigenvalue weighted by Gasteiger charge is -2.10. The quantitative estimate of drug-likeness (QED) is 0.393. The van der Waals surface area contributed by atoms with Gasteiger partial charge >= 0.3 is 0 Å². The number of ether oxygens (including phenoxy) is 1. The zero-order chi connectivity index (χ0) is 13.3. The van der Waals surface area contributed by atoms with E-state index in [-0.39, 0.29) is 0 Å². The lowest BCUT2D eigenvalue weighted by molar-refractivity contribution is 0.479. The highest BCUT2D eigenvalue weighted by Crippen LogP contribution is 2.37. The zero-order valence-electron chi connectivity index (χ0n) is 8.88. The van der Waals surface area contributed by atoms with E-state index in [0.29, 0.717) is 32.3 Å². The van der Waals surface area contributed by atoms with Gasteiger partial charge in [-0.05, 0) is 46.9 Å². The van der Waals surface area contributed by atoms with Gasteiger partial charge < -0.3 is 10.5 Å². The van der Waals surface area contributed by atoms with Crippen LogP contribution in [0.25, 0.3) is 0 Å². The summed E-state index contributed by atoms with van der Waals surface area (Å²) in [7, 11) is 0. The van der Waals surface area contributed by atoms with Crippen molar-refractivity contribution in [2.24, 2.45) is 0 Å². The Balaban J connectivity index is 2.37. The van der Waals surface area contributed by atoms with Gasteiger partial charge in [-0.3, -0.25) is 0 Å². The molecule has 2 N–H and O–H groups in total.